The third-order valence-corrected chi connectivity index (χ3v) is 9.96. The van der Waals surface area contributed by atoms with Crippen LogP contribution < -0.4 is 0 Å². The van der Waals surface area contributed by atoms with Gasteiger partial charge in [-0.15, -0.1) is 0 Å². The first kappa shape index (κ1) is 46.0. The Labute approximate surface area is 293 Å². The SMILES string of the molecule is CCCCC/C=C\C/C=C\CCCCCCCC(=O)C(O)(CO)C(O)CCCCCCCCCCCCCCCCCCCCCC. The minimum atomic E-state index is -2.01. The highest BCUT2D eigenvalue weighted by Gasteiger charge is 2.41. The summed E-state index contributed by atoms with van der Waals surface area (Å²) in [7, 11) is 0. The lowest BCUT2D eigenvalue weighted by Crippen LogP contribution is -2.52. The van der Waals surface area contributed by atoms with Crippen LogP contribution in [0.15, 0.2) is 24.3 Å². The molecule has 0 heterocycles. The van der Waals surface area contributed by atoms with Crippen molar-refractivity contribution in [2.24, 2.45) is 0 Å². The van der Waals surface area contributed by atoms with Crippen LogP contribution in [-0.4, -0.2) is 39.4 Å². The minimum absolute atomic E-state index is 0.220. The van der Waals surface area contributed by atoms with E-state index in [9.17, 15) is 20.1 Å². The van der Waals surface area contributed by atoms with Crippen molar-refractivity contribution in [3.05, 3.63) is 24.3 Å². The molecule has 0 aromatic carbocycles. The smallest absolute Gasteiger partial charge is 0.171 e. The number of Topliss-reactive ketones (excluding diaryl/α,β-unsaturated/α-hetero) is 1. The molecule has 278 valence electrons. The van der Waals surface area contributed by atoms with Crippen molar-refractivity contribution in [3.8, 4) is 0 Å². The van der Waals surface area contributed by atoms with E-state index in [-0.39, 0.29) is 6.42 Å². The molecule has 2 unspecified atom stereocenters. The van der Waals surface area contributed by atoms with Gasteiger partial charge in [-0.25, -0.2) is 0 Å². The summed E-state index contributed by atoms with van der Waals surface area (Å²) in [6.07, 6.45) is 47.0. The molecule has 0 aromatic heterocycles. The Balaban J connectivity index is 3.66. The van der Waals surface area contributed by atoms with Crippen LogP contribution in [0.2, 0.25) is 0 Å². The van der Waals surface area contributed by atoms with Gasteiger partial charge in [0.1, 0.15) is 0 Å². The van der Waals surface area contributed by atoms with Crippen molar-refractivity contribution in [1.29, 1.82) is 0 Å². The Bertz CT molecular complexity index is 702. The molecule has 0 aliphatic rings. The highest BCUT2D eigenvalue weighted by molar-refractivity contribution is 5.87. The van der Waals surface area contributed by atoms with Crippen molar-refractivity contribution < 1.29 is 20.1 Å². The van der Waals surface area contributed by atoms with E-state index in [0.29, 0.717) is 12.8 Å². The number of unbranched alkanes of at least 4 members (excludes halogenated alkanes) is 27. The van der Waals surface area contributed by atoms with Crippen molar-refractivity contribution in [2.45, 2.75) is 237 Å². The molecule has 0 bridgehead atoms. The van der Waals surface area contributed by atoms with Crippen LogP contribution in [0.5, 0.6) is 0 Å². The first-order valence-corrected chi connectivity index (χ1v) is 20.9. The van der Waals surface area contributed by atoms with E-state index < -0.39 is 24.1 Å². The van der Waals surface area contributed by atoms with Gasteiger partial charge in [0, 0.05) is 6.42 Å². The Morgan fingerprint density at radius 2 is 0.851 bits per heavy atom. The second kappa shape index (κ2) is 36.3. The maximum absolute atomic E-state index is 12.7. The molecule has 47 heavy (non-hydrogen) atoms. The second-order valence-electron chi connectivity index (χ2n) is 14.5. The van der Waals surface area contributed by atoms with E-state index in [2.05, 4.69) is 38.2 Å². The van der Waals surface area contributed by atoms with Gasteiger partial charge in [0.25, 0.3) is 0 Å². The average molecular weight is 663 g/mol. The summed E-state index contributed by atoms with van der Waals surface area (Å²) >= 11 is 0. The number of hydrogen-bond acceptors (Lipinski definition) is 4. The number of aliphatic hydroxyl groups excluding tert-OH is 2. The first-order valence-electron chi connectivity index (χ1n) is 20.9. The first-order chi connectivity index (χ1) is 23.0. The van der Waals surface area contributed by atoms with E-state index in [4.69, 9.17) is 0 Å². The molecule has 0 saturated heterocycles. The van der Waals surface area contributed by atoms with Crippen LogP contribution in [-0.2, 0) is 4.79 Å². The maximum Gasteiger partial charge on any atom is 0.171 e. The lowest BCUT2D eigenvalue weighted by atomic mass is 9.86. The minimum Gasteiger partial charge on any atom is -0.393 e. The third-order valence-electron chi connectivity index (χ3n) is 9.96. The van der Waals surface area contributed by atoms with Gasteiger partial charge in [-0.1, -0.05) is 199 Å². The fourth-order valence-corrected chi connectivity index (χ4v) is 6.52. The topological polar surface area (TPSA) is 77.8 Å². The van der Waals surface area contributed by atoms with Gasteiger partial charge < -0.3 is 15.3 Å². The van der Waals surface area contributed by atoms with Gasteiger partial charge in [-0.3, -0.25) is 4.79 Å². The zero-order chi connectivity index (χ0) is 34.5. The van der Waals surface area contributed by atoms with E-state index in [1.54, 1.807) is 0 Å². The zero-order valence-electron chi connectivity index (χ0n) is 31.7. The molecule has 0 spiro atoms. The van der Waals surface area contributed by atoms with Gasteiger partial charge in [0.15, 0.2) is 11.4 Å². The molecule has 0 radical (unpaired) electrons. The van der Waals surface area contributed by atoms with Crippen molar-refractivity contribution in [2.75, 3.05) is 6.61 Å². The molecular weight excluding hydrogens is 580 g/mol. The Morgan fingerprint density at radius 3 is 1.28 bits per heavy atom. The van der Waals surface area contributed by atoms with E-state index in [1.165, 1.54) is 135 Å². The molecule has 4 heteroatoms. The summed E-state index contributed by atoms with van der Waals surface area (Å²) in [5, 5.41) is 31.1. The lowest BCUT2D eigenvalue weighted by molar-refractivity contribution is -0.158. The molecule has 4 nitrogen and oxygen atoms in total. The van der Waals surface area contributed by atoms with Crippen LogP contribution in [0.25, 0.3) is 0 Å². The predicted octanol–water partition coefficient (Wildman–Crippen LogP) is 12.7. The average Bonchev–Trinajstić information content (AvgIpc) is 3.08. The van der Waals surface area contributed by atoms with Gasteiger partial charge >= 0.3 is 0 Å². The lowest BCUT2D eigenvalue weighted by Gasteiger charge is -2.30. The van der Waals surface area contributed by atoms with Crippen LogP contribution >= 0.6 is 0 Å². The molecule has 0 amide bonds. The Hall–Kier alpha value is -0.970. The summed E-state index contributed by atoms with van der Waals surface area (Å²) in [5.41, 5.74) is -2.01. The summed E-state index contributed by atoms with van der Waals surface area (Å²) in [4.78, 5) is 12.7. The molecule has 0 saturated carbocycles. The number of ketones is 1. The van der Waals surface area contributed by atoms with Crippen LogP contribution in [0.1, 0.15) is 226 Å². The van der Waals surface area contributed by atoms with Crippen molar-refractivity contribution >= 4 is 5.78 Å². The predicted molar refractivity (Wildman–Crippen MR) is 205 cm³/mol. The number of aliphatic hydroxyl groups is 3. The third kappa shape index (κ3) is 29.6. The summed E-state index contributed by atoms with van der Waals surface area (Å²) < 4.78 is 0. The highest BCUT2D eigenvalue weighted by Crippen LogP contribution is 2.22. The number of carbonyl (C=O) groups excluding carboxylic acids is 1. The molecule has 0 aromatic rings. The van der Waals surface area contributed by atoms with Crippen molar-refractivity contribution in [3.63, 3.8) is 0 Å². The molecule has 3 N–H and O–H groups in total. The van der Waals surface area contributed by atoms with E-state index in [0.717, 1.165) is 57.8 Å². The van der Waals surface area contributed by atoms with Gasteiger partial charge in [-0.05, 0) is 44.9 Å². The van der Waals surface area contributed by atoms with E-state index >= 15 is 0 Å². The maximum atomic E-state index is 12.7. The number of carbonyl (C=O) groups is 1. The quantitative estimate of drug-likeness (QED) is 0.0454. The molecular formula is C43H82O4. The van der Waals surface area contributed by atoms with E-state index in [1.807, 2.05) is 0 Å². The van der Waals surface area contributed by atoms with Gasteiger partial charge in [0.05, 0.1) is 12.7 Å². The standard InChI is InChI=1S/C43H82O4/c1-3-5-7-9-11-13-15-17-19-20-21-22-23-25-27-29-31-33-35-37-39-42(46)43(47,40-44)41(45)38-36-34-32-30-28-26-24-18-16-14-12-10-8-6-4-2/h12,14,18,24,42,44,46-47H,3-11,13,15-17,19-23,25-40H2,1-2H3/b14-12-,24-18-. The van der Waals surface area contributed by atoms with Crippen molar-refractivity contribution in [1.82, 2.24) is 0 Å². The van der Waals surface area contributed by atoms with Gasteiger partial charge in [-0.2, -0.15) is 0 Å². The van der Waals surface area contributed by atoms with Gasteiger partial charge in [0.2, 0.25) is 0 Å². The summed E-state index contributed by atoms with van der Waals surface area (Å²) in [5.74, 6) is -0.411. The fourth-order valence-electron chi connectivity index (χ4n) is 6.52. The normalized spacial score (nSPS) is 14.0. The molecule has 0 aliphatic carbocycles. The summed E-state index contributed by atoms with van der Waals surface area (Å²) in [6, 6.07) is 0. The molecule has 0 fully saturated rings. The number of hydrogen-bond donors (Lipinski definition) is 3. The number of allylic oxidation sites excluding steroid dienone is 4. The molecule has 0 rings (SSSR count). The highest BCUT2D eigenvalue weighted by atomic mass is 16.4. The Kier molecular flexibility index (Phi) is 35.6. The Morgan fingerprint density at radius 1 is 0.511 bits per heavy atom. The summed E-state index contributed by atoms with van der Waals surface area (Å²) in [6.45, 7) is 3.82. The number of rotatable bonds is 38. The second-order valence-corrected chi connectivity index (χ2v) is 14.5. The zero-order valence-corrected chi connectivity index (χ0v) is 31.7. The van der Waals surface area contributed by atoms with Crippen LogP contribution in [0.3, 0.4) is 0 Å². The fraction of sp³-hybridized carbons (Fsp3) is 0.884. The van der Waals surface area contributed by atoms with Crippen LogP contribution in [0.4, 0.5) is 0 Å². The van der Waals surface area contributed by atoms with Crippen LogP contribution in [0, 0.1) is 0 Å². The monoisotopic (exact) mass is 663 g/mol. The molecule has 0 aliphatic heterocycles. The molecule has 2 atom stereocenters. The largest absolute Gasteiger partial charge is 0.393 e.